The summed E-state index contributed by atoms with van der Waals surface area (Å²) in [5.74, 6) is 0.257. The summed E-state index contributed by atoms with van der Waals surface area (Å²) in [6.45, 7) is 5.26. The van der Waals surface area contributed by atoms with E-state index in [1.54, 1.807) is 6.20 Å². The van der Waals surface area contributed by atoms with Gasteiger partial charge in [0.15, 0.2) is 0 Å². The Morgan fingerprint density at radius 3 is 2.78 bits per heavy atom. The van der Waals surface area contributed by atoms with Crippen LogP contribution < -0.4 is 5.32 Å². The van der Waals surface area contributed by atoms with Crippen molar-refractivity contribution < 1.29 is 14.6 Å². The third-order valence-corrected chi connectivity index (χ3v) is 5.02. The molecule has 6 heteroatoms. The van der Waals surface area contributed by atoms with E-state index in [2.05, 4.69) is 10.4 Å². The zero-order chi connectivity index (χ0) is 19.2. The number of aliphatic hydroxyl groups is 1. The summed E-state index contributed by atoms with van der Waals surface area (Å²) < 4.78 is 7.57. The van der Waals surface area contributed by atoms with Crippen molar-refractivity contribution in [2.24, 2.45) is 5.92 Å². The third kappa shape index (κ3) is 5.65. The molecule has 2 aromatic rings. The largest absolute Gasteiger partial charge is 0.391 e. The molecule has 0 aliphatic heterocycles. The molecule has 146 valence electrons. The molecule has 0 spiro atoms. The highest BCUT2D eigenvalue weighted by Gasteiger charge is 2.34. The molecule has 3 rings (SSSR count). The van der Waals surface area contributed by atoms with Gasteiger partial charge in [0.1, 0.15) is 0 Å². The number of aliphatic hydroxyl groups excluding tert-OH is 1. The molecule has 1 aromatic heterocycles. The molecule has 6 nitrogen and oxygen atoms in total. The highest BCUT2D eigenvalue weighted by atomic mass is 16.5. The second-order valence-electron chi connectivity index (χ2n) is 7.61. The first-order chi connectivity index (χ1) is 13.0. The summed E-state index contributed by atoms with van der Waals surface area (Å²) >= 11 is 0. The van der Waals surface area contributed by atoms with Crippen molar-refractivity contribution in [3.8, 4) is 0 Å². The minimum atomic E-state index is -0.506. The SMILES string of the molecule is CC(C)OCc1ccccc1CC(=O)N[C@@H]1CC(Cn2cccn2)C[C@H]1O. The molecular weight excluding hydrogens is 342 g/mol. The van der Waals surface area contributed by atoms with E-state index >= 15 is 0 Å². The van der Waals surface area contributed by atoms with Crippen molar-refractivity contribution in [2.45, 2.75) is 64.5 Å². The lowest BCUT2D eigenvalue weighted by atomic mass is 10.0. The molecule has 1 aromatic carbocycles. The zero-order valence-electron chi connectivity index (χ0n) is 16.0. The van der Waals surface area contributed by atoms with Gasteiger partial charge in [-0.15, -0.1) is 0 Å². The molecule has 0 radical (unpaired) electrons. The lowest BCUT2D eigenvalue weighted by Crippen LogP contribution is -2.40. The van der Waals surface area contributed by atoms with Gasteiger partial charge in [0, 0.05) is 18.9 Å². The average molecular weight is 371 g/mol. The number of nitrogens with one attached hydrogen (secondary N) is 1. The molecule has 1 heterocycles. The summed E-state index contributed by atoms with van der Waals surface area (Å²) in [5, 5.41) is 17.6. The van der Waals surface area contributed by atoms with Crippen LogP contribution in [0, 0.1) is 5.92 Å². The Morgan fingerprint density at radius 2 is 2.07 bits per heavy atom. The summed E-state index contributed by atoms with van der Waals surface area (Å²) in [6, 6.07) is 9.55. The van der Waals surface area contributed by atoms with E-state index in [1.807, 2.05) is 55.1 Å². The van der Waals surface area contributed by atoms with Crippen molar-refractivity contribution in [1.29, 1.82) is 0 Å². The summed E-state index contributed by atoms with van der Waals surface area (Å²) in [7, 11) is 0. The number of carbonyl (C=O) groups is 1. The fourth-order valence-corrected chi connectivity index (χ4v) is 3.65. The highest BCUT2D eigenvalue weighted by Crippen LogP contribution is 2.27. The molecule has 1 amide bonds. The molecule has 1 aliphatic carbocycles. The van der Waals surface area contributed by atoms with Crippen molar-refractivity contribution in [3.05, 3.63) is 53.9 Å². The Labute approximate surface area is 160 Å². The number of rotatable bonds is 8. The van der Waals surface area contributed by atoms with Crippen LogP contribution in [0.1, 0.15) is 37.8 Å². The van der Waals surface area contributed by atoms with Crippen LogP contribution in [0.5, 0.6) is 0 Å². The maximum Gasteiger partial charge on any atom is 0.224 e. The van der Waals surface area contributed by atoms with E-state index in [9.17, 15) is 9.90 Å². The predicted octanol–water partition coefficient (Wildman–Crippen LogP) is 2.31. The van der Waals surface area contributed by atoms with Gasteiger partial charge in [-0.25, -0.2) is 0 Å². The molecule has 1 fully saturated rings. The van der Waals surface area contributed by atoms with E-state index in [0.29, 0.717) is 25.4 Å². The van der Waals surface area contributed by atoms with Crippen LogP contribution in [0.15, 0.2) is 42.7 Å². The van der Waals surface area contributed by atoms with Gasteiger partial charge in [-0.2, -0.15) is 5.10 Å². The van der Waals surface area contributed by atoms with Crippen LogP contribution in [0.2, 0.25) is 0 Å². The topological polar surface area (TPSA) is 76.4 Å². The van der Waals surface area contributed by atoms with Gasteiger partial charge in [-0.3, -0.25) is 9.48 Å². The van der Waals surface area contributed by atoms with Gasteiger partial charge >= 0.3 is 0 Å². The van der Waals surface area contributed by atoms with E-state index < -0.39 is 6.10 Å². The van der Waals surface area contributed by atoms with E-state index in [0.717, 1.165) is 24.1 Å². The lowest BCUT2D eigenvalue weighted by molar-refractivity contribution is -0.121. The van der Waals surface area contributed by atoms with Crippen molar-refractivity contribution in [1.82, 2.24) is 15.1 Å². The van der Waals surface area contributed by atoms with Crippen LogP contribution >= 0.6 is 0 Å². The van der Waals surface area contributed by atoms with Gasteiger partial charge < -0.3 is 15.2 Å². The number of hydrogen-bond acceptors (Lipinski definition) is 4. The number of ether oxygens (including phenoxy) is 1. The molecule has 1 unspecified atom stereocenters. The Hall–Kier alpha value is -2.18. The summed E-state index contributed by atoms with van der Waals surface area (Å²) in [6.07, 6.45) is 5.07. The standard InChI is InChI=1S/C21H29N3O3/c1-15(2)27-14-18-7-4-3-6-17(18)12-21(26)23-19-10-16(11-20(19)25)13-24-9-5-8-22-24/h3-9,15-16,19-20,25H,10-14H2,1-2H3,(H,23,26)/t16?,19-,20-/m1/s1. The van der Waals surface area contributed by atoms with Gasteiger partial charge in [-0.1, -0.05) is 24.3 Å². The van der Waals surface area contributed by atoms with E-state index in [-0.39, 0.29) is 18.1 Å². The molecule has 27 heavy (non-hydrogen) atoms. The number of carbonyl (C=O) groups excluding carboxylic acids is 1. The Morgan fingerprint density at radius 1 is 1.30 bits per heavy atom. The van der Waals surface area contributed by atoms with Crippen molar-refractivity contribution in [3.63, 3.8) is 0 Å². The molecule has 0 saturated heterocycles. The van der Waals surface area contributed by atoms with Crippen LogP contribution in [-0.2, 0) is 29.1 Å². The molecule has 1 aliphatic rings. The smallest absolute Gasteiger partial charge is 0.224 e. The van der Waals surface area contributed by atoms with Crippen LogP contribution in [0.25, 0.3) is 0 Å². The van der Waals surface area contributed by atoms with Gasteiger partial charge in [0.05, 0.1) is 31.3 Å². The fraction of sp³-hybridized carbons (Fsp3) is 0.524. The maximum atomic E-state index is 12.5. The van der Waals surface area contributed by atoms with E-state index in [1.165, 1.54) is 0 Å². The van der Waals surface area contributed by atoms with Crippen LogP contribution in [0.4, 0.5) is 0 Å². The second-order valence-corrected chi connectivity index (χ2v) is 7.61. The summed E-state index contributed by atoms with van der Waals surface area (Å²) in [5.41, 5.74) is 2.00. The Kier molecular flexibility index (Phi) is 6.63. The minimum Gasteiger partial charge on any atom is -0.391 e. The van der Waals surface area contributed by atoms with Gasteiger partial charge in [0.25, 0.3) is 0 Å². The quantitative estimate of drug-likeness (QED) is 0.747. The number of aromatic nitrogens is 2. The molecular formula is C21H29N3O3. The van der Waals surface area contributed by atoms with Gasteiger partial charge in [0.2, 0.25) is 5.91 Å². The number of hydrogen-bond donors (Lipinski definition) is 2. The first kappa shape index (κ1) is 19.6. The fourth-order valence-electron chi connectivity index (χ4n) is 3.65. The predicted molar refractivity (Wildman–Crippen MR) is 103 cm³/mol. The summed E-state index contributed by atoms with van der Waals surface area (Å²) in [4.78, 5) is 12.5. The second kappa shape index (κ2) is 9.15. The number of nitrogens with zero attached hydrogens (tertiary/aromatic N) is 2. The third-order valence-electron chi connectivity index (χ3n) is 5.02. The lowest BCUT2D eigenvalue weighted by Gasteiger charge is -2.17. The minimum absolute atomic E-state index is 0.0595. The van der Waals surface area contributed by atoms with E-state index in [4.69, 9.17) is 4.74 Å². The first-order valence-electron chi connectivity index (χ1n) is 9.64. The maximum absolute atomic E-state index is 12.5. The van der Waals surface area contributed by atoms with Gasteiger partial charge in [-0.05, 0) is 49.8 Å². The number of benzene rings is 1. The average Bonchev–Trinajstić information content (AvgIpc) is 3.24. The number of amides is 1. The monoisotopic (exact) mass is 371 g/mol. The highest BCUT2D eigenvalue weighted by molar-refractivity contribution is 5.79. The Bertz CT molecular complexity index is 730. The molecule has 3 atom stereocenters. The zero-order valence-corrected chi connectivity index (χ0v) is 16.0. The van der Waals surface area contributed by atoms with Crippen LogP contribution in [-0.4, -0.2) is 39.0 Å². The Balaban J connectivity index is 1.53. The van der Waals surface area contributed by atoms with Crippen molar-refractivity contribution in [2.75, 3.05) is 0 Å². The van der Waals surface area contributed by atoms with Crippen molar-refractivity contribution >= 4 is 5.91 Å². The first-order valence-corrected chi connectivity index (χ1v) is 9.64. The molecule has 2 N–H and O–H groups in total. The molecule has 1 saturated carbocycles. The molecule has 0 bridgehead atoms. The van der Waals surface area contributed by atoms with Crippen LogP contribution in [0.3, 0.4) is 0 Å². The normalized spacial score (nSPS) is 22.3.